The number of nitrogens with one attached hydrogen (secondary N) is 1. The Balaban J connectivity index is 1.70. The summed E-state index contributed by atoms with van der Waals surface area (Å²) in [6, 6.07) is 15.7. The standard InChI is InChI=1S/C20H19N3O3/c21-14-16(20(25)22-17-3-7-19(24)8-4-17)13-15-1-5-18(6-2-15)23-9-11-26-12-10-23/h1-8,13,24H,9-12H2,(H,22,25). The molecular formula is C20H19N3O3. The number of nitriles is 1. The first-order chi connectivity index (χ1) is 12.7. The number of morpholine rings is 1. The van der Waals surface area contributed by atoms with Gasteiger partial charge in [0.1, 0.15) is 17.4 Å². The minimum Gasteiger partial charge on any atom is -0.508 e. The predicted octanol–water partition coefficient (Wildman–Crippen LogP) is 2.77. The number of phenolic OH excluding ortho intramolecular Hbond substituents is 1. The second-order valence-corrected chi connectivity index (χ2v) is 5.86. The zero-order chi connectivity index (χ0) is 18.4. The molecule has 2 aromatic rings. The number of ether oxygens (including phenoxy) is 1. The van der Waals surface area contributed by atoms with Gasteiger partial charge in [-0.05, 0) is 48.0 Å². The molecule has 3 rings (SSSR count). The number of aromatic hydroxyl groups is 1. The second-order valence-electron chi connectivity index (χ2n) is 5.86. The average molecular weight is 349 g/mol. The molecule has 0 aromatic heterocycles. The van der Waals surface area contributed by atoms with Gasteiger partial charge in [0, 0.05) is 24.5 Å². The van der Waals surface area contributed by atoms with Crippen LogP contribution in [0.3, 0.4) is 0 Å². The molecule has 132 valence electrons. The van der Waals surface area contributed by atoms with Crippen LogP contribution in [0.1, 0.15) is 5.56 Å². The van der Waals surface area contributed by atoms with E-state index in [2.05, 4.69) is 10.2 Å². The highest BCUT2D eigenvalue weighted by atomic mass is 16.5. The zero-order valence-corrected chi connectivity index (χ0v) is 14.2. The Labute approximate surface area is 151 Å². The van der Waals surface area contributed by atoms with Crippen LogP contribution in [0, 0.1) is 11.3 Å². The van der Waals surface area contributed by atoms with Gasteiger partial charge < -0.3 is 20.1 Å². The third-order valence-corrected chi connectivity index (χ3v) is 4.07. The molecule has 1 aliphatic rings. The molecule has 1 saturated heterocycles. The van der Waals surface area contributed by atoms with Crippen molar-refractivity contribution < 1.29 is 14.6 Å². The molecule has 1 heterocycles. The summed E-state index contributed by atoms with van der Waals surface area (Å²) in [5.41, 5.74) is 2.39. The summed E-state index contributed by atoms with van der Waals surface area (Å²) in [5.74, 6) is -0.380. The van der Waals surface area contributed by atoms with Crippen LogP contribution in [0.2, 0.25) is 0 Å². The SMILES string of the molecule is N#CC(=Cc1ccc(N2CCOCC2)cc1)C(=O)Nc1ccc(O)cc1. The fourth-order valence-corrected chi connectivity index (χ4v) is 2.66. The minimum atomic E-state index is -0.490. The van der Waals surface area contributed by atoms with Crippen LogP contribution >= 0.6 is 0 Å². The fourth-order valence-electron chi connectivity index (χ4n) is 2.66. The maximum Gasteiger partial charge on any atom is 0.266 e. The van der Waals surface area contributed by atoms with Gasteiger partial charge in [-0.1, -0.05) is 12.1 Å². The van der Waals surface area contributed by atoms with Gasteiger partial charge in [0.25, 0.3) is 5.91 Å². The number of hydrogen-bond donors (Lipinski definition) is 2. The highest BCUT2D eigenvalue weighted by molar-refractivity contribution is 6.09. The van der Waals surface area contributed by atoms with E-state index in [9.17, 15) is 15.2 Å². The number of carbonyl (C=O) groups excluding carboxylic acids is 1. The molecule has 0 aliphatic carbocycles. The van der Waals surface area contributed by atoms with Crippen molar-refractivity contribution in [2.24, 2.45) is 0 Å². The largest absolute Gasteiger partial charge is 0.508 e. The van der Waals surface area contributed by atoms with Gasteiger partial charge >= 0.3 is 0 Å². The second kappa shape index (κ2) is 8.19. The summed E-state index contributed by atoms with van der Waals surface area (Å²) in [5, 5.41) is 21.2. The first-order valence-electron chi connectivity index (χ1n) is 8.30. The lowest BCUT2D eigenvalue weighted by Gasteiger charge is -2.28. The molecular weight excluding hydrogens is 330 g/mol. The number of anilines is 2. The quantitative estimate of drug-likeness (QED) is 0.504. The Kier molecular flexibility index (Phi) is 5.52. The molecule has 2 aromatic carbocycles. The van der Waals surface area contributed by atoms with E-state index < -0.39 is 5.91 Å². The van der Waals surface area contributed by atoms with Crippen molar-refractivity contribution in [2.75, 3.05) is 36.5 Å². The van der Waals surface area contributed by atoms with Gasteiger partial charge in [0.15, 0.2) is 0 Å². The summed E-state index contributed by atoms with van der Waals surface area (Å²) in [6.07, 6.45) is 1.55. The van der Waals surface area contributed by atoms with E-state index in [1.54, 1.807) is 18.2 Å². The Hall–Kier alpha value is -3.30. The lowest BCUT2D eigenvalue weighted by atomic mass is 10.1. The van der Waals surface area contributed by atoms with Gasteiger partial charge in [-0.15, -0.1) is 0 Å². The summed E-state index contributed by atoms with van der Waals surface area (Å²) >= 11 is 0. The predicted molar refractivity (Wildman–Crippen MR) is 99.8 cm³/mol. The number of carbonyl (C=O) groups is 1. The van der Waals surface area contributed by atoms with Crippen LogP contribution < -0.4 is 10.2 Å². The van der Waals surface area contributed by atoms with Crippen molar-refractivity contribution in [3.05, 3.63) is 59.7 Å². The molecule has 0 spiro atoms. The molecule has 1 fully saturated rings. The fraction of sp³-hybridized carbons (Fsp3) is 0.200. The molecule has 0 bridgehead atoms. The van der Waals surface area contributed by atoms with Crippen LogP contribution in [0.25, 0.3) is 6.08 Å². The summed E-state index contributed by atoms with van der Waals surface area (Å²) in [4.78, 5) is 14.5. The molecule has 1 aliphatic heterocycles. The van der Waals surface area contributed by atoms with E-state index in [-0.39, 0.29) is 11.3 Å². The highest BCUT2D eigenvalue weighted by Gasteiger charge is 2.12. The Morgan fingerprint density at radius 1 is 1.12 bits per heavy atom. The van der Waals surface area contributed by atoms with Gasteiger partial charge in [-0.25, -0.2) is 0 Å². The molecule has 0 saturated carbocycles. The maximum absolute atomic E-state index is 12.3. The Morgan fingerprint density at radius 2 is 1.77 bits per heavy atom. The minimum absolute atomic E-state index is 0.0113. The average Bonchev–Trinajstić information content (AvgIpc) is 2.69. The normalized spacial score (nSPS) is 14.6. The van der Waals surface area contributed by atoms with E-state index in [0.717, 1.165) is 37.6 Å². The monoisotopic (exact) mass is 349 g/mol. The van der Waals surface area contributed by atoms with Gasteiger partial charge in [0.05, 0.1) is 13.2 Å². The summed E-state index contributed by atoms with van der Waals surface area (Å²) < 4.78 is 5.35. The molecule has 26 heavy (non-hydrogen) atoms. The number of hydrogen-bond acceptors (Lipinski definition) is 5. The first kappa shape index (κ1) is 17.5. The van der Waals surface area contributed by atoms with Crippen molar-refractivity contribution in [3.63, 3.8) is 0 Å². The van der Waals surface area contributed by atoms with Gasteiger partial charge in [-0.3, -0.25) is 4.79 Å². The van der Waals surface area contributed by atoms with Crippen molar-refractivity contribution in [1.82, 2.24) is 0 Å². The lowest BCUT2D eigenvalue weighted by molar-refractivity contribution is -0.112. The molecule has 2 N–H and O–H groups in total. The van der Waals surface area contributed by atoms with E-state index in [0.29, 0.717) is 5.69 Å². The van der Waals surface area contributed by atoms with Crippen molar-refractivity contribution in [2.45, 2.75) is 0 Å². The summed E-state index contributed by atoms with van der Waals surface area (Å²) in [7, 11) is 0. The highest BCUT2D eigenvalue weighted by Crippen LogP contribution is 2.19. The van der Waals surface area contributed by atoms with Crippen molar-refractivity contribution in [1.29, 1.82) is 5.26 Å². The topological polar surface area (TPSA) is 85.6 Å². The molecule has 6 nitrogen and oxygen atoms in total. The number of benzene rings is 2. The maximum atomic E-state index is 12.3. The third-order valence-electron chi connectivity index (χ3n) is 4.07. The van der Waals surface area contributed by atoms with Crippen LogP contribution in [-0.2, 0) is 9.53 Å². The van der Waals surface area contributed by atoms with Crippen molar-refractivity contribution in [3.8, 4) is 11.8 Å². The van der Waals surface area contributed by atoms with E-state index in [1.165, 1.54) is 12.1 Å². The smallest absolute Gasteiger partial charge is 0.266 e. The third kappa shape index (κ3) is 4.41. The van der Waals surface area contributed by atoms with Crippen LogP contribution in [0.4, 0.5) is 11.4 Å². The van der Waals surface area contributed by atoms with Crippen LogP contribution in [0.15, 0.2) is 54.1 Å². The van der Waals surface area contributed by atoms with Gasteiger partial charge in [-0.2, -0.15) is 5.26 Å². The van der Waals surface area contributed by atoms with Crippen molar-refractivity contribution >= 4 is 23.4 Å². The lowest BCUT2D eigenvalue weighted by Crippen LogP contribution is -2.36. The van der Waals surface area contributed by atoms with E-state index in [4.69, 9.17) is 4.74 Å². The number of rotatable bonds is 4. The number of nitrogens with zero attached hydrogens (tertiary/aromatic N) is 2. The summed E-state index contributed by atoms with van der Waals surface area (Å²) in [6.45, 7) is 3.15. The van der Waals surface area contributed by atoms with E-state index >= 15 is 0 Å². The number of phenols is 1. The van der Waals surface area contributed by atoms with Crippen LogP contribution in [0.5, 0.6) is 5.75 Å². The van der Waals surface area contributed by atoms with Crippen LogP contribution in [-0.4, -0.2) is 37.3 Å². The Bertz CT molecular complexity index is 830. The molecule has 0 atom stereocenters. The van der Waals surface area contributed by atoms with E-state index in [1.807, 2.05) is 30.3 Å². The Morgan fingerprint density at radius 3 is 2.38 bits per heavy atom. The molecule has 0 unspecified atom stereocenters. The molecule has 6 heteroatoms. The number of amides is 1. The zero-order valence-electron chi connectivity index (χ0n) is 14.2. The van der Waals surface area contributed by atoms with Gasteiger partial charge in [0.2, 0.25) is 0 Å². The molecule has 1 amide bonds. The first-order valence-corrected chi connectivity index (χ1v) is 8.30. The molecule has 0 radical (unpaired) electrons.